The number of ether oxygens (including phenoxy) is 1. The molecular formula is C22H26ClN3O2. The minimum Gasteiger partial charge on any atom is -0.378 e. The first-order chi connectivity index (χ1) is 13.7. The third kappa shape index (κ3) is 4.66. The average molecular weight is 400 g/mol. The van der Waals surface area contributed by atoms with E-state index in [2.05, 4.69) is 39.4 Å². The number of hydrogen-bond donors (Lipinski definition) is 1. The standard InChI is InChI=1S/C22H26ClN3O2/c23-18-5-3-17(4-6-18)21-2-1-11-26(21)16-22(27)24-19-7-9-20(10-8-19)25-12-14-28-15-13-25/h3-10,21H,1-2,11-16H2,(H,24,27)/t21-/m1/s1. The van der Waals surface area contributed by atoms with E-state index in [4.69, 9.17) is 16.3 Å². The maximum Gasteiger partial charge on any atom is 0.238 e. The molecular weight excluding hydrogens is 374 g/mol. The van der Waals surface area contributed by atoms with Crippen LogP contribution in [0.2, 0.25) is 5.02 Å². The van der Waals surface area contributed by atoms with Crippen LogP contribution in [0.3, 0.4) is 0 Å². The minimum absolute atomic E-state index is 0.0278. The first kappa shape index (κ1) is 19.2. The summed E-state index contributed by atoms with van der Waals surface area (Å²) in [5, 5.41) is 3.78. The number of morpholine rings is 1. The van der Waals surface area contributed by atoms with Gasteiger partial charge in [-0.25, -0.2) is 0 Å². The van der Waals surface area contributed by atoms with Gasteiger partial charge in [0.15, 0.2) is 0 Å². The van der Waals surface area contributed by atoms with E-state index in [-0.39, 0.29) is 11.9 Å². The highest BCUT2D eigenvalue weighted by Gasteiger charge is 2.27. The molecule has 0 bridgehead atoms. The molecule has 1 atom stereocenters. The van der Waals surface area contributed by atoms with Crippen molar-refractivity contribution in [3.05, 3.63) is 59.1 Å². The van der Waals surface area contributed by atoms with Crippen molar-refractivity contribution in [2.24, 2.45) is 0 Å². The molecule has 4 rings (SSSR count). The Morgan fingerprint density at radius 1 is 1.04 bits per heavy atom. The van der Waals surface area contributed by atoms with Gasteiger partial charge < -0.3 is 15.0 Å². The Labute approximate surface area is 171 Å². The molecule has 2 fully saturated rings. The lowest BCUT2D eigenvalue weighted by atomic mass is 10.0. The van der Waals surface area contributed by atoms with Crippen LogP contribution in [0.15, 0.2) is 48.5 Å². The molecule has 2 saturated heterocycles. The predicted octanol–water partition coefficient (Wildman–Crippen LogP) is 3.95. The van der Waals surface area contributed by atoms with Crippen LogP contribution in [-0.2, 0) is 9.53 Å². The van der Waals surface area contributed by atoms with Gasteiger partial charge in [0, 0.05) is 35.5 Å². The van der Waals surface area contributed by atoms with Gasteiger partial charge in [-0.3, -0.25) is 9.69 Å². The molecule has 2 heterocycles. The van der Waals surface area contributed by atoms with Crippen molar-refractivity contribution in [2.45, 2.75) is 18.9 Å². The number of amides is 1. The van der Waals surface area contributed by atoms with E-state index < -0.39 is 0 Å². The Balaban J connectivity index is 1.34. The molecule has 148 valence electrons. The second-order valence-corrected chi connectivity index (χ2v) is 7.81. The highest BCUT2D eigenvalue weighted by Crippen LogP contribution is 2.32. The fraction of sp³-hybridized carbons (Fsp3) is 0.409. The first-order valence-electron chi connectivity index (χ1n) is 9.91. The van der Waals surface area contributed by atoms with E-state index in [0.717, 1.165) is 56.4 Å². The largest absolute Gasteiger partial charge is 0.378 e. The maximum atomic E-state index is 12.6. The molecule has 6 heteroatoms. The highest BCUT2D eigenvalue weighted by molar-refractivity contribution is 6.30. The first-order valence-corrected chi connectivity index (χ1v) is 10.3. The van der Waals surface area contributed by atoms with Gasteiger partial charge >= 0.3 is 0 Å². The third-order valence-corrected chi connectivity index (χ3v) is 5.74. The van der Waals surface area contributed by atoms with Crippen LogP contribution >= 0.6 is 11.6 Å². The molecule has 0 saturated carbocycles. The normalized spacial score (nSPS) is 20.3. The van der Waals surface area contributed by atoms with Crippen LogP contribution < -0.4 is 10.2 Å². The third-order valence-electron chi connectivity index (χ3n) is 5.49. The van der Waals surface area contributed by atoms with Crippen molar-refractivity contribution < 1.29 is 9.53 Å². The summed E-state index contributed by atoms with van der Waals surface area (Å²) in [6.07, 6.45) is 2.18. The van der Waals surface area contributed by atoms with Crippen LogP contribution in [-0.4, -0.2) is 50.2 Å². The number of carbonyl (C=O) groups is 1. The Hall–Kier alpha value is -2.08. The fourth-order valence-corrected chi connectivity index (χ4v) is 4.17. The molecule has 2 aliphatic rings. The number of carbonyl (C=O) groups excluding carboxylic acids is 1. The number of halogens is 1. The molecule has 2 aromatic carbocycles. The summed E-state index contributed by atoms with van der Waals surface area (Å²) >= 11 is 6.00. The van der Waals surface area contributed by atoms with Crippen LogP contribution in [0.4, 0.5) is 11.4 Å². The Morgan fingerprint density at radius 3 is 2.46 bits per heavy atom. The summed E-state index contributed by atoms with van der Waals surface area (Å²) in [7, 11) is 0. The number of nitrogens with zero attached hydrogens (tertiary/aromatic N) is 2. The van der Waals surface area contributed by atoms with Gasteiger partial charge in [-0.1, -0.05) is 23.7 Å². The van der Waals surface area contributed by atoms with Gasteiger partial charge in [0.2, 0.25) is 5.91 Å². The summed E-state index contributed by atoms with van der Waals surface area (Å²) in [4.78, 5) is 17.1. The number of likely N-dealkylation sites (tertiary alicyclic amines) is 1. The van der Waals surface area contributed by atoms with Crippen molar-refractivity contribution in [3.63, 3.8) is 0 Å². The molecule has 1 N–H and O–H groups in total. The molecule has 2 aromatic rings. The minimum atomic E-state index is 0.0278. The Kier molecular flexibility index (Phi) is 6.15. The lowest BCUT2D eigenvalue weighted by molar-refractivity contribution is -0.117. The second kappa shape index (κ2) is 8.95. The molecule has 28 heavy (non-hydrogen) atoms. The highest BCUT2D eigenvalue weighted by atomic mass is 35.5. The summed E-state index contributed by atoms with van der Waals surface area (Å²) in [5.74, 6) is 0.0278. The average Bonchev–Trinajstić information content (AvgIpc) is 3.18. The quantitative estimate of drug-likeness (QED) is 0.826. The summed E-state index contributed by atoms with van der Waals surface area (Å²) in [6, 6.07) is 16.3. The summed E-state index contributed by atoms with van der Waals surface area (Å²) in [5.41, 5.74) is 3.23. The van der Waals surface area contributed by atoms with Gasteiger partial charge in [-0.15, -0.1) is 0 Å². The van der Waals surface area contributed by atoms with E-state index in [1.807, 2.05) is 24.3 Å². The molecule has 0 unspecified atom stereocenters. The van der Waals surface area contributed by atoms with Crippen LogP contribution in [0.25, 0.3) is 0 Å². The molecule has 0 aromatic heterocycles. The molecule has 5 nitrogen and oxygen atoms in total. The number of benzene rings is 2. The van der Waals surface area contributed by atoms with Gasteiger partial charge in [-0.2, -0.15) is 0 Å². The van der Waals surface area contributed by atoms with E-state index in [1.54, 1.807) is 0 Å². The van der Waals surface area contributed by atoms with Gasteiger partial charge in [-0.05, 0) is 61.3 Å². The monoisotopic (exact) mass is 399 g/mol. The summed E-state index contributed by atoms with van der Waals surface area (Å²) < 4.78 is 5.40. The molecule has 0 spiro atoms. The smallest absolute Gasteiger partial charge is 0.238 e. The Bertz CT molecular complexity index is 788. The number of hydrogen-bond acceptors (Lipinski definition) is 4. The number of rotatable bonds is 5. The number of anilines is 2. The molecule has 1 amide bonds. The van der Waals surface area contributed by atoms with E-state index in [0.29, 0.717) is 6.54 Å². The zero-order chi connectivity index (χ0) is 19.3. The van der Waals surface area contributed by atoms with Crippen molar-refractivity contribution >= 4 is 28.9 Å². The lowest BCUT2D eigenvalue weighted by Gasteiger charge is -2.29. The van der Waals surface area contributed by atoms with Gasteiger partial charge in [0.05, 0.1) is 19.8 Å². The van der Waals surface area contributed by atoms with E-state index in [9.17, 15) is 4.79 Å². The number of nitrogens with one attached hydrogen (secondary N) is 1. The molecule has 0 radical (unpaired) electrons. The maximum absolute atomic E-state index is 12.6. The van der Waals surface area contributed by atoms with Gasteiger partial charge in [0.25, 0.3) is 0 Å². The molecule has 2 aliphatic heterocycles. The second-order valence-electron chi connectivity index (χ2n) is 7.37. The Morgan fingerprint density at radius 2 is 1.75 bits per heavy atom. The van der Waals surface area contributed by atoms with E-state index in [1.165, 1.54) is 11.3 Å². The van der Waals surface area contributed by atoms with Crippen LogP contribution in [0.1, 0.15) is 24.4 Å². The van der Waals surface area contributed by atoms with Crippen molar-refractivity contribution in [2.75, 3.05) is 49.6 Å². The van der Waals surface area contributed by atoms with Gasteiger partial charge in [0.1, 0.15) is 0 Å². The zero-order valence-corrected chi connectivity index (χ0v) is 16.7. The van der Waals surface area contributed by atoms with Crippen molar-refractivity contribution in [1.29, 1.82) is 0 Å². The van der Waals surface area contributed by atoms with E-state index >= 15 is 0 Å². The van der Waals surface area contributed by atoms with Crippen LogP contribution in [0.5, 0.6) is 0 Å². The fourth-order valence-electron chi connectivity index (χ4n) is 4.04. The van der Waals surface area contributed by atoms with Crippen molar-refractivity contribution in [1.82, 2.24) is 4.90 Å². The predicted molar refractivity (Wildman–Crippen MR) is 113 cm³/mol. The summed E-state index contributed by atoms with van der Waals surface area (Å²) in [6.45, 7) is 4.70. The lowest BCUT2D eigenvalue weighted by Crippen LogP contribution is -2.36. The SMILES string of the molecule is O=C(CN1CCC[C@@H]1c1ccc(Cl)cc1)Nc1ccc(N2CCOCC2)cc1. The zero-order valence-electron chi connectivity index (χ0n) is 15.9. The van der Waals surface area contributed by atoms with Crippen LogP contribution in [0, 0.1) is 0 Å². The molecule has 0 aliphatic carbocycles. The topological polar surface area (TPSA) is 44.8 Å². The van der Waals surface area contributed by atoms with Crippen molar-refractivity contribution in [3.8, 4) is 0 Å².